The lowest BCUT2D eigenvalue weighted by Gasteiger charge is -2.07. The number of Topliss-reactive ketones (excluding diaryl/α,β-unsaturated/α-hetero) is 1. The Balaban J connectivity index is 3.10. The second-order valence-electron chi connectivity index (χ2n) is 3.17. The van der Waals surface area contributed by atoms with Crippen LogP contribution in [0.15, 0.2) is 29.4 Å². The van der Waals surface area contributed by atoms with Gasteiger partial charge in [0.05, 0.1) is 0 Å². The lowest BCUT2D eigenvalue weighted by atomic mass is 10.0. The molecule has 0 fully saturated rings. The maximum atomic E-state index is 12.2. The van der Waals surface area contributed by atoms with Gasteiger partial charge in [0.15, 0.2) is 0 Å². The van der Waals surface area contributed by atoms with Gasteiger partial charge in [-0.05, 0) is 6.92 Å². The number of aryl methyl sites for hydroxylation is 1. The predicted molar refractivity (Wildman–Crippen MR) is 53.0 cm³/mol. The fourth-order valence-corrected chi connectivity index (χ4v) is 1.11. The summed E-state index contributed by atoms with van der Waals surface area (Å²) in [7, 11) is 0. The number of nitrogens with zero attached hydrogens (tertiary/aromatic N) is 1. The summed E-state index contributed by atoms with van der Waals surface area (Å²) in [4.78, 5) is 10.9. The number of benzene rings is 1. The number of halogens is 3. The third kappa shape index (κ3) is 2.59. The number of hydrogen-bond acceptors (Lipinski definition) is 3. The number of rotatable bonds is 2. The molecule has 0 atom stereocenters. The molecule has 2 N–H and O–H groups in total. The highest BCUT2D eigenvalue weighted by Crippen LogP contribution is 2.19. The number of alkyl halides is 3. The minimum atomic E-state index is -4.97. The van der Waals surface area contributed by atoms with Gasteiger partial charge in [0, 0.05) is 5.56 Å². The van der Waals surface area contributed by atoms with E-state index in [9.17, 15) is 18.0 Å². The number of hydrogen-bond donors (Lipinski definition) is 1. The molecule has 0 aromatic heterocycles. The molecular weight excluding hydrogens is 221 g/mol. The lowest BCUT2D eigenvalue weighted by molar-refractivity contribution is -0.163. The van der Waals surface area contributed by atoms with E-state index >= 15 is 0 Å². The van der Waals surface area contributed by atoms with Crippen LogP contribution < -0.4 is 5.84 Å². The lowest BCUT2D eigenvalue weighted by Crippen LogP contribution is -2.32. The molecule has 0 aliphatic rings. The summed E-state index contributed by atoms with van der Waals surface area (Å²) >= 11 is 0. The summed E-state index contributed by atoms with van der Waals surface area (Å²) in [5.74, 6) is 2.76. The van der Waals surface area contributed by atoms with Crippen molar-refractivity contribution in [2.45, 2.75) is 13.1 Å². The molecule has 3 nitrogen and oxygen atoms in total. The van der Waals surface area contributed by atoms with Gasteiger partial charge in [-0.3, -0.25) is 4.79 Å². The van der Waals surface area contributed by atoms with Gasteiger partial charge in [-0.1, -0.05) is 29.8 Å². The van der Waals surface area contributed by atoms with Crippen molar-refractivity contribution in [3.63, 3.8) is 0 Å². The van der Waals surface area contributed by atoms with E-state index in [0.29, 0.717) is 0 Å². The highest BCUT2D eigenvalue weighted by Gasteiger charge is 2.42. The Kier molecular flexibility index (Phi) is 3.31. The molecule has 86 valence electrons. The summed E-state index contributed by atoms with van der Waals surface area (Å²) < 4.78 is 36.5. The van der Waals surface area contributed by atoms with Gasteiger partial charge in [-0.15, -0.1) is 0 Å². The van der Waals surface area contributed by atoms with Crippen molar-refractivity contribution in [2.75, 3.05) is 0 Å². The first kappa shape index (κ1) is 12.2. The molecule has 1 rings (SSSR count). The van der Waals surface area contributed by atoms with Crippen molar-refractivity contribution >= 4 is 11.5 Å². The van der Waals surface area contributed by atoms with Crippen molar-refractivity contribution in [1.82, 2.24) is 0 Å². The van der Waals surface area contributed by atoms with Gasteiger partial charge in [0.1, 0.15) is 5.71 Å². The zero-order valence-electron chi connectivity index (χ0n) is 8.38. The molecule has 0 bridgehead atoms. The Morgan fingerprint density at radius 2 is 1.75 bits per heavy atom. The first-order valence-corrected chi connectivity index (χ1v) is 4.32. The van der Waals surface area contributed by atoms with E-state index in [2.05, 4.69) is 5.10 Å². The van der Waals surface area contributed by atoms with Gasteiger partial charge in [0.2, 0.25) is 0 Å². The first-order valence-electron chi connectivity index (χ1n) is 4.32. The zero-order valence-corrected chi connectivity index (χ0v) is 8.38. The number of nitrogens with two attached hydrogens (primary N) is 1. The summed E-state index contributed by atoms with van der Waals surface area (Å²) in [6.45, 7) is 1.77. The van der Waals surface area contributed by atoms with Gasteiger partial charge < -0.3 is 5.84 Å². The summed E-state index contributed by atoms with van der Waals surface area (Å²) in [6, 6.07) is 5.88. The second kappa shape index (κ2) is 4.34. The predicted octanol–water partition coefficient (Wildman–Crippen LogP) is 1.79. The summed E-state index contributed by atoms with van der Waals surface area (Å²) in [5, 5.41) is 2.90. The SMILES string of the molecule is Cc1ccc(/C(=N\N)C(=O)C(F)(F)F)cc1. The van der Waals surface area contributed by atoms with Crippen LogP contribution in [0, 0.1) is 6.92 Å². The topological polar surface area (TPSA) is 55.4 Å². The molecule has 0 heterocycles. The molecule has 0 spiro atoms. The zero-order chi connectivity index (χ0) is 12.3. The molecule has 0 amide bonds. The van der Waals surface area contributed by atoms with Crippen LogP contribution in [0.2, 0.25) is 0 Å². The van der Waals surface area contributed by atoms with E-state index in [1.807, 2.05) is 0 Å². The standard InChI is InChI=1S/C10H9F3N2O/c1-6-2-4-7(5-3-6)8(15-14)9(16)10(11,12)13/h2-5H,14H2,1H3/b15-8+. The van der Waals surface area contributed by atoms with Crippen molar-refractivity contribution in [1.29, 1.82) is 0 Å². The monoisotopic (exact) mass is 230 g/mol. The highest BCUT2D eigenvalue weighted by molar-refractivity contribution is 6.47. The molecule has 0 saturated carbocycles. The molecule has 6 heteroatoms. The molecule has 0 radical (unpaired) electrons. The average Bonchev–Trinajstić information content (AvgIpc) is 2.20. The van der Waals surface area contributed by atoms with Crippen LogP contribution in [0.1, 0.15) is 11.1 Å². The van der Waals surface area contributed by atoms with Crippen LogP contribution >= 0.6 is 0 Å². The molecule has 16 heavy (non-hydrogen) atoms. The van der Waals surface area contributed by atoms with Crippen LogP contribution in [-0.4, -0.2) is 17.7 Å². The van der Waals surface area contributed by atoms with E-state index in [1.54, 1.807) is 19.1 Å². The van der Waals surface area contributed by atoms with E-state index in [4.69, 9.17) is 5.84 Å². The van der Waals surface area contributed by atoms with Crippen LogP contribution in [0.25, 0.3) is 0 Å². The Morgan fingerprint density at radius 1 is 1.25 bits per heavy atom. The molecule has 0 unspecified atom stereocenters. The number of ketones is 1. The molecule has 1 aromatic rings. The van der Waals surface area contributed by atoms with E-state index in [0.717, 1.165) is 5.56 Å². The minimum Gasteiger partial charge on any atom is -0.323 e. The van der Waals surface area contributed by atoms with Crippen molar-refractivity contribution in [3.05, 3.63) is 35.4 Å². The Labute approximate surface area is 89.8 Å². The summed E-state index contributed by atoms with van der Waals surface area (Å²) in [5.41, 5.74) is 0.127. The maximum absolute atomic E-state index is 12.2. The van der Waals surface area contributed by atoms with Gasteiger partial charge in [0.25, 0.3) is 5.78 Å². The molecular formula is C10H9F3N2O. The van der Waals surface area contributed by atoms with Crippen LogP contribution in [-0.2, 0) is 4.79 Å². The largest absolute Gasteiger partial charge is 0.456 e. The number of carbonyl (C=O) groups is 1. The smallest absolute Gasteiger partial charge is 0.323 e. The Hall–Kier alpha value is -1.85. The second-order valence-corrected chi connectivity index (χ2v) is 3.17. The average molecular weight is 230 g/mol. The highest BCUT2D eigenvalue weighted by atomic mass is 19.4. The van der Waals surface area contributed by atoms with Crippen molar-refractivity contribution in [3.8, 4) is 0 Å². The van der Waals surface area contributed by atoms with Gasteiger partial charge >= 0.3 is 6.18 Å². The fraction of sp³-hybridized carbons (Fsp3) is 0.200. The Morgan fingerprint density at radius 3 is 2.12 bits per heavy atom. The molecule has 0 aliphatic heterocycles. The van der Waals surface area contributed by atoms with Gasteiger partial charge in [-0.25, -0.2) is 0 Å². The molecule has 0 saturated heterocycles. The van der Waals surface area contributed by atoms with Crippen LogP contribution in [0.3, 0.4) is 0 Å². The van der Waals surface area contributed by atoms with Crippen LogP contribution in [0.4, 0.5) is 13.2 Å². The van der Waals surface area contributed by atoms with Crippen molar-refractivity contribution in [2.24, 2.45) is 10.9 Å². The third-order valence-electron chi connectivity index (χ3n) is 1.93. The van der Waals surface area contributed by atoms with Gasteiger partial charge in [-0.2, -0.15) is 18.3 Å². The molecule has 1 aromatic carbocycles. The fourth-order valence-electron chi connectivity index (χ4n) is 1.11. The summed E-state index contributed by atoms with van der Waals surface area (Å²) in [6.07, 6.45) is -4.97. The minimum absolute atomic E-state index is 0.0513. The van der Waals surface area contributed by atoms with E-state index in [-0.39, 0.29) is 5.56 Å². The molecule has 0 aliphatic carbocycles. The number of hydrazone groups is 1. The normalized spacial score (nSPS) is 12.6. The Bertz CT molecular complexity index is 421. The third-order valence-corrected chi connectivity index (χ3v) is 1.93. The number of carbonyl (C=O) groups excluding carboxylic acids is 1. The van der Waals surface area contributed by atoms with Crippen LogP contribution in [0.5, 0.6) is 0 Å². The first-order chi connectivity index (χ1) is 7.36. The van der Waals surface area contributed by atoms with E-state index < -0.39 is 17.7 Å². The quantitative estimate of drug-likeness (QED) is 0.478. The van der Waals surface area contributed by atoms with Crippen molar-refractivity contribution < 1.29 is 18.0 Å². The maximum Gasteiger partial charge on any atom is 0.456 e. The van der Waals surface area contributed by atoms with E-state index in [1.165, 1.54) is 12.1 Å².